The quantitative estimate of drug-likeness (QED) is 0.804. The van der Waals surface area contributed by atoms with E-state index in [2.05, 4.69) is 0 Å². The normalized spacial score (nSPS) is 10.2. The highest BCUT2D eigenvalue weighted by Crippen LogP contribution is 2.25. The van der Waals surface area contributed by atoms with Gasteiger partial charge in [0.2, 0.25) is 0 Å². The Kier molecular flexibility index (Phi) is 3.86. The molecule has 0 bridgehead atoms. The summed E-state index contributed by atoms with van der Waals surface area (Å²) in [5, 5.41) is 1.46. The summed E-state index contributed by atoms with van der Waals surface area (Å²) in [4.78, 5) is 0. The summed E-state index contributed by atoms with van der Waals surface area (Å²) in [5.74, 6) is 0. The van der Waals surface area contributed by atoms with Gasteiger partial charge in [-0.3, -0.25) is 0 Å². The van der Waals surface area contributed by atoms with Crippen molar-refractivity contribution in [1.29, 1.82) is 0 Å². The van der Waals surface area contributed by atoms with E-state index < -0.39 is 0 Å². The van der Waals surface area contributed by atoms with Crippen molar-refractivity contribution in [2.75, 3.05) is 6.54 Å². The molecule has 1 aromatic carbocycles. The molecule has 0 atom stereocenters. The fraction of sp³-hybridized carbons (Fsp3) is 0.333. The maximum absolute atomic E-state index is 5.94. The Morgan fingerprint density at radius 1 is 1.17 bits per heavy atom. The van der Waals surface area contributed by atoms with Crippen LogP contribution in [-0.4, -0.2) is 6.54 Å². The summed E-state index contributed by atoms with van der Waals surface area (Å²) < 4.78 is 0. The van der Waals surface area contributed by atoms with Crippen molar-refractivity contribution in [3.8, 4) is 0 Å². The topological polar surface area (TPSA) is 26.0 Å². The molecule has 0 saturated heterocycles. The summed E-state index contributed by atoms with van der Waals surface area (Å²) in [7, 11) is 0. The minimum Gasteiger partial charge on any atom is -0.330 e. The molecule has 3 heteroatoms. The van der Waals surface area contributed by atoms with E-state index in [1.165, 1.54) is 0 Å². The number of benzene rings is 1. The lowest BCUT2D eigenvalue weighted by Gasteiger charge is -2.04. The van der Waals surface area contributed by atoms with Gasteiger partial charge in [0, 0.05) is 10.0 Å². The smallest absolute Gasteiger partial charge is 0.0452 e. The summed E-state index contributed by atoms with van der Waals surface area (Å²) in [6, 6.07) is 5.54. The number of halogens is 2. The van der Waals surface area contributed by atoms with Crippen LogP contribution in [0.4, 0.5) is 0 Å². The number of rotatable bonds is 3. The summed E-state index contributed by atoms with van der Waals surface area (Å²) in [5.41, 5.74) is 6.40. The molecule has 1 aromatic rings. The molecule has 0 fully saturated rings. The average Bonchev–Trinajstić information content (AvgIpc) is 2.04. The van der Waals surface area contributed by atoms with Gasteiger partial charge in [-0.2, -0.15) is 0 Å². The van der Waals surface area contributed by atoms with Crippen LogP contribution in [0.5, 0.6) is 0 Å². The molecule has 0 aliphatic carbocycles. The van der Waals surface area contributed by atoms with Crippen molar-refractivity contribution in [3.05, 3.63) is 33.8 Å². The average molecular weight is 204 g/mol. The first-order chi connectivity index (χ1) is 5.75. The maximum atomic E-state index is 5.94. The Labute approximate surface area is 82.5 Å². The molecular formula is C9H11Cl2N. The number of hydrogen-bond acceptors (Lipinski definition) is 1. The van der Waals surface area contributed by atoms with Crippen molar-refractivity contribution in [2.45, 2.75) is 12.8 Å². The molecule has 0 aliphatic heterocycles. The van der Waals surface area contributed by atoms with Crippen LogP contribution in [0, 0.1) is 0 Å². The Balaban J connectivity index is 2.81. The second-order valence-corrected chi connectivity index (χ2v) is 3.41. The van der Waals surface area contributed by atoms with Gasteiger partial charge < -0.3 is 5.73 Å². The van der Waals surface area contributed by atoms with Crippen molar-refractivity contribution >= 4 is 23.2 Å². The minimum atomic E-state index is 0.668. The third-order valence-corrected chi connectivity index (χ3v) is 2.40. The first kappa shape index (κ1) is 9.85. The maximum Gasteiger partial charge on any atom is 0.0452 e. The van der Waals surface area contributed by atoms with Crippen molar-refractivity contribution in [3.63, 3.8) is 0 Å². The standard InChI is InChI=1S/C9H11Cl2N/c10-8-4-1-5-9(11)7(8)3-2-6-12/h1,4-5H,2-3,6,12H2. The van der Waals surface area contributed by atoms with E-state index in [1.807, 2.05) is 18.2 Å². The molecule has 12 heavy (non-hydrogen) atoms. The predicted octanol–water partition coefficient (Wildman–Crippen LogP) is 2.88. The Hall–Kier alpha value is -0.240. The first-order valence-corrected chi connectivity index (χ1v) is 4.64. The zero-order valence-corrected chi connectivity index (χ0v) is 8.20. The van der Waals surface area contributed by atoms with Crippen LogP contribution in [0.1, 0.15) is 12.0 Å². The van der Waals surface area contributed by atoms with Gasteiger partial charge in [0.1, 0.15) is 0 Å². The number of nitrogens with two attached hydrogens (primary N) is 1. The van der Waals surface area contributed by atoms with Gasteiger partial charge in [-0.05, 0) is 37.1 Å². The van der Waals surface area contributed by atoms with Gasteiger partial charge in [-0.25, -0.2) is 0 Å². The third-order valence-electron chi connectivity index (χ3n) is 1.69. The van der Waals surface area contributed by atoms with Gasteiger partial charge in [0.05, 0.1) is 0 Å². The zero-order chi connectivity index (χ0) is 8.97. The van der Waals surface area contributed by atoms with Gasteiger partial charge in [-0.15, -0.1) is 0 Å². The molecule has 1 rings (SSSR count). The highest BCUT2D eigenvalue weighted by Gasteiger charge is 2.03. The molecule has 0 heterocycles. The van der Waals surface area contributed by atoms with Crippen LogP contribution in [0.2, 0.25) is 10.0 Å². The van der Waals surface area contributed by atoms with Gasteiger partial charge in [0.15, 0.2) is 0 Å². The molecule has 2 N–H and O–H groups in total. The van der Waals surface area contributed by atoms with Crippen LogP contribution in [-0.2, 0) is 6.42 Å². The fourth-order valence-corrected chi connectivity index (χ4v) is 1.64. The van der Waals surface area contributed by atoms with Gasteiger partial charge in [-0.1, -0.05) is 29.3 Å². The van der Waals surface area contributed by atoms with E-state index in [0.717, 1.165) is 28.5 Å². The zero-order valence-electron chi connectivity index (χ0n) is 6.69. The van der Waals surface area contributed by atoms with Gasteiger partial charge >= 0.3 is 0 Å². The lowest BCUT2D eigenvalue weighted by Crippen LogP contribution is -2.00. The first-order valence-electron chi connectivity index (χ1n) is 3.88. The molecule has 0 spiro atoms. The van der Waals surface area contributed by atoms with E-state index in [-0.39, 0.29) is 0 Å². The van der Waals surface area contributed by atoms with E-state index in [1.54, 1.807) is 0 Å². The van der Waals surface area contributed by atoms with E-state index in [9.17, 15) is 0 Å². The number of hydrogen-bond donors (Lipinski definition) is 1. The van der Waals surface area contributed by atoms with Gasteiger partial charge in [0.25, 0.3) is 0 Å². The molecule has 0 amide bonds. The molecule has 0 aliphatic rings. The Morgan fingerprint density at radius 2 is 1.75 bits per heavy atom. The van der Waals surface area contributed by atoms with E-state index in [4.69, 9.17) is 28.9 Å². The molecule has 1 nitrogen and oxygen atoms in total. The van der Waals surface area contributed by atoms with Crippen molar-refractivity contribution < 1.29 is 0 Å². The van der Waals surface area contributed by atoms with Crippen LogP contribution >= 0.6 is 23.2 Å². The van der Waals surface area contributed by atoms with E-state index >= 15 is 0 Å². The Morgan fingerprint density at radius 3 is 2.25 bits per heavy atom. The summed E-state index contributed by atoms with van der Waals surface area (Å²) >= 11 is 11.9. The second kappa shape index (κ2) is 4.70. The molecule has 0 radical (unpaired) electrons. The lowest BCUT2D eigenvalue weighted by molar-refractivity contribution is 0.833. The predicted molar refractivity (Wildman–Crippen MR) is 53.8 cm³/mol. The fourth-order valence-electron chi connectivity index (χ4n) is 1.05. The molecule has 0 aromatic heterocycles. The summed E-state index contributed by atoms with van der Waals surface area (Å²) in [6.45, 7) is 0.668. The highest BCUT2D eigenvalue weighted by molar-refractivity contribution is 6.35. The van der Waals surface area contributed by atoms with Crippen LogP contribution in [0.25, 0.3) is 0 Å². The summed E-state index contributed by atoms with van der Waals surface area (Å²) in [6.07, 6.45) is 1.78. The van der Waals surface area contributed by atoms with Crippen LogP contribution in [0.3, 0.4) is 0 Å². The Bertz CT molecular complexity index is 240. The van der Waals surface area contributed by atoms with Crippen LogP contribution < -0.4 is 5.73 Å². The monoisotopic (exact) mass is 203 g/mol. The molecule has 66 valence electrons. The molecule has 0 saturated carbocycles. The highest BCUT2D eigenvalue weighted by atomic mass is 35.5. The minimum absolute atomic E-state index is 0.668. The molecular weight excluding hydrogens is 193 g/mol. The van der Waals surface area contributed by atoms with E-state index in [0.29, 0.717) is 6.54 Å². The lowest BCUT2D eigenvalue weighted by atomic mass is 10.1. The van der Waals surface area contributed by atoms with Crippen LogP contribution in [0.15, 0.2) is 18.2 Å². The SMILES string of the molecule is NCCCc1c(Cl)cccc1Cl. The van der Waals surface area contributed by atoms with Crippen molar-refractivity contribution in [1.82, 2.24) is 0 Å². The third kappa shape index (κ3) is 2.37. The molecule has 0 unspecified atom stereocenters. The van der Waals surface area contributed by atoms with Crippen molar-refractivity contribution in [2.24, 2.45) is 5.73 Å². The second-order valence-electron chi connectivity index (χ2n) is 2.59. The largest absolute Gasteiger partial charge is 0.330 e.